The number of nitrogens with zero attached hydrogens (tertiary/aromatic N) is 3. The molecule has 1 aliphatic carbocycles. The Morgan fingerprint density at radius 1 is 1.24 bits per heavy atom. The fourth-order valence-corrected chi connectivity index (χ4v) is 3.46. The van der Waals surface area contributed by atoms with Gasteiger partial charge in [-0.25, -0.2) is 0 Å². The van der Waals surface area contributed by atoms with E-state index < -0.39 is 0 Å². The van der Waals surface area contributed by atoms with Crippen LogP contribution in [-0.4, -0.2) is 28.8 Å². The SMILES string of the molecule is Cc1nn(C)c(C)c1-c1ccc2c(c1)C(N(C)C)CC2.Cl. The third kappa shape index (κ3) is 2.60. The van der Waals surface area contributed by atoms with Crippen LogP contribution in [0.5, 0.6) is 0 Å². The molecule has 0 N–H and O–H groups in total. The second kappa shape index (κ2) is 5.82. The summed E-state index contributed by atoms with van der Waals surface area (Å²) in [6.07, 6.45) is 2.43. The number of halogens is 1. The summed E-state index contributed by atoms with van der Waals surface area (Å²) in [6, 6.07) is 7.50. The standard InChI is InChI=1S/C17H23N3.ClH/c1-11-17(12(2)20(5)18-11)14-7-6-13-8-9-16(19(3)4)15(13)10-14;/h6-7,10,16H,8-9H2,1-5H3;1H. The number of aryl methyl sites for hydroxylation is 3. The Hall–Kier alpha value is -1.32. The maximum Gasteiger partial charge on any atom is 0.0674 e. The van der Waals surface area contributed by atoms with Crippen molar-refractivity contribution in [3.8, 4) is 11.1 Å². The van der Waals surface area contributed by atoms with Crippen molar-refractivity contribution in [3.63, 3.8) is 0 Å². The molecule has 3 nitrogen and oxygen atoms in total. The highest BCUT2D eigenvalue weighted by Gasteiger charge is 2.25. The fourth-order valence-electron chi connectivity index (χ4n) is 3.46. The maximum absolute atomic E-state index is 4.54. The van der Waals surface area contributed by atoms with E-state index in [1.54, 1.807) is 0 Å². The predicted molar refractivity (Wildman–Crippen MR) is 90.1 cm³/mol. The number of fused-ring (bicyclic) bond motifs is 1. The lowest BCUT2D eigenvalue weighted by molar-refractivity contribution is 0.299. The molecule has 3 rings (SSSR count). The second-order valence-corrected chi connectivity index (χ2v) is 6.10. The van der Waals surface area contributed by atoms with Gasteiger partial charge in [-0.1, -0.05) is 12.1 Å². The lowest BCUT2D eigenvalue weighted by atomic mass is 9.98. The Bertz CT molecular complexity index is 658. The van der Waals surface area contributed by atoms with Crippen LogP contribution in [0.3, 0.4) is 0 Å². The topological polar surface area (TPSA) is 21.1 Å². The molecule has 0 spiro atoms. The van der Waals surface area contributed by atoms with Crippen molar-refractivity contribution in [2.24, 2.45) is 7.05 Å². The van der Waals surface area contributed by atoms with Crippen molar-refractivity contribution >= 4 is 12.4 Å². The molecular formula is C17H24ClN3. The van der Waals surface area contributed by atoms with E-state index in [1.807, 2.05) is 11.7 Å². The van der Waals surface area contributed by atoms with Gasteiger partial charge in [0.2, 0.25) is 0 Å². The smallest absolute Gasteiger partial charge is 0.0674 e. The summed E-state index contributed by atoms with van der Waals surface area (Å²) in [6.45, 7) is 4.24. The molecule has 0 saturated carbocycles. The van der Waals surface area contributed by atoms with E-state index in [0.29, 0.717) is 6.04 Å². The fraction of sp³-hybridized carbons (Fsp3) is 0.471. The molecule has 2 aromatic rings. The van der Waals surface area contributed by atoms with Gasteiger partial charge < -0.3 is 4.90 Å². The number of rotatable bonds is 2. The van der Waals surface area contributed by atoms with Crippen molar-refractivity contribution < 1.29 is 0 Å². The van der Waals surface area contributed by atoms with Gasteiger partial charge in [0.05, 0.1) is 5.69 Å². The zero-order valence-corrected chi connectivity index (χ0v) is 14.3. The molecule has 0 fully saturated rings. The van der Waals surface area contributed by atoms with E-state index in [-0.39, 0.29) is 12.4 Å². The molecule has 1 atom stereocenters. The largest absolute Gasteiger partial charge is 0.302 e. The maximum atomic E-state index is 4.54. The lowest BCUT2D eigenvalue weighted by Gasteiger charge is -2.20. The Labute approximate surface area is 133 Å². The monoisotopic (exact) mass is 305 g/mol. The van der Waals surface area contributed by atoms with E-state index >= 15 is 0 Å². The van der Waals surface area contributed by atoms with Crippen LogP contribution in [0.15, 0.2) is 18.2 Å². The van der Waals surface area contributed by atoms with Crippen LogP contribution >= 0.6 is 12.4 Å². The Balaban J connectivity index is 0.00000161. The normalized spacial score (nSPS) is 17.0. The third-order valence-corrected chi connectivity index (χ3v) is 4.61. The molecule has 21 heavy (non-hydrogen) atoms. The van der Waals surface area contributed by atoms with Crippen LogP contribution in [0.25, 0.3) is 11.1 Å². The van der Waals surface area contributed by atoms with E-state index in [0.717, 1.165) is 5.69 Å². The summed E-state index contributed by atoms with van der Waals surface area (Å²) in [5, 5.41) is 4.54. The van der Waals surface area contributed by atoms with Crippen LogP contribution in [0.2, 0.25) is 0 Å². The molecule has 1 aromatic heterocycles. The van der Waals surface area contributed by atoms with Gasteiger partial charge in [0.25, 0.3) is 0 Å². The highest BCUT2D eigenvalue weighted by molar-refractivity contribution is 5.85. The van der Waals surface area contributed by atoms with Crippen molar-refractivity contribution in [3.05, 3.63) is 40.7 Å². The van der Waals surface area contributed by atoms with E-state index in [9.17, 15) is 0 Å². The number of hydrogen-bond donors (Lipinski definition) is 0. The molecule has 0 radical (unpaired) electrons. The molecule has 1 aromatic carbocycles. The van der Waals surface area contributed by atoms with Gasteiger partial charge >= 0.3 is 0 Å². The van der Waals surface area contributed by atoms with Crippen LogP contribution in [-0.2, 0) is 13.5 Å². The highest BCUT2D eigenvalue weighted by atomic mass is 35.5. The molecule has 114 valence electrons. The van der Waals surface area contributed by atoms with Crippen LogP contribution < -0.4 is 0 Å². The second-order valence-electron chi connectivity index (χ2n) is 6.10. The highest BCUT2D eigenvalue weighted by Crippen LogP contribution is 2.38. The lowest BCUT2D eigenvalue weighted by Crippen LogP contribution is -2.17. The van der Waals surface area contributed by atoms with Gasteiger partial charge in [-0.3, -0.25) is 4.68 Å². The average Bonchev–Trinajstić information content (AvgIpc) is 2.91. The van der Waals surface area contributed by atoms with Crippen LogP contribution in [0, 0.1) is 13.8 Å². The molecule has 0 aliphatic heterocycles. The quantitative estimate of drug-likeness (QED) is 0.844. The first-order valence-corrected chi connectivity index (χ1v) is 7.29. The summed E-state index contributed by atoms with van der Waals surface area (Å²) < 4.78 is 1.97. The average molecular weight is 306 g/mol. The van der Waals surface area contributed by atoms with Gasteiger partial charge in [0.15, 0.2) is 0 Å². The van der Waals surface area contributed by atoms with Crippen molar-refractivity contribution in [1.82, 2.24) is 14.7 Å². The van der Waals surface area contributed by atoms with Crippen molar-refractivity contribution in [2.75, 3.05) is 14.1 Å². The molecule has 0 amide bonds. The summed E-state index contributed by atoms with van der Waals surface area (Å²) in [4.78, 5) is 2.33. The third-order valence-electron chi connectivity index (χ3n) is 4.61. The first-order valence-electron chi connectivity index (χ1n) is 7.29. The molecule has 1 heterocycles. The summed E-state index contributed by atoms with van der Waals surface area (Å²) >= 11 is 0. The number of benzene rings is 1. The number of hydrogen-bond acceptors (Lipinski definition) is 2. The zero-order chi connectivity index (χ0) is 14.4. The molecule has 4 heteroatoms. The van der Waals surface area contributed by atoms with Gasteiger partial charge in [-0.2, -0.15) is 5.10 Å². The van der Waals surface area contributed by atoms with E-state index in [1.165, 1.54) is 40.8 Å². The molecule has 1 aliphatic rings. The van der Waals surface area contributed by atoms with Crippen LogP contribution in [0.4, 0.5) is 0 Å². The number of aromatic nitrogens is 2. The van der Waals surface area contributed by atoms with Gasteiger partial charge in [0.1, 0.15) is 0 Å². The van der Waals surface area contributed by atoms with E-state index in [2.05, 4.69) is 56.1 Å². The first kappa shape index (κ1) is 16.1. The Kier molecular flexibility index (Phi) is 4.45. The van der Waals surface area contributed by atoms with E-state index in [4.69, 9.17) is 0 Å². The minimum Gasteiger partial charge on any atom is -0.302 e. The Morgan fingerprint density at radius 3 is 2.52 bits per heavy atom. The molecule has 0 bridgehead atoms. The Morgan fingerprint density at radius 2 is 1.95 bits per heavy atom. The molecule has 1 unspecified atom stereocenters. The molecular weight excluding hydrogens is 282 g/mol. The van der Waals surface area contributed by atoms with Crippen LogP contribution in [0.1, 0.15) is 35.0 Å². The summed E-state index contributed by atoms with van der Waals surface area (Å²) in [5.41, 5.74) is 7.95. The summed E-state index contributed by atoms with van der Waals surface area (Å²) in [7, 11) is 6.36. The zero-order valence-electron chi connectivity index (χ0n) is 13.5. The van der Waals surface area contributed by atoms with Crippen molar-refractivity contribution in [2.45, 2.75) is 32.7 Å². The molecule has 0 saturated heterocycles. The van der Waals surface area contributed by atoms with Crippen molar-refractivity contribution in [1.29, 1.82) is 0 Å². The van der Waals surface area contributed by atoms with Gasteiger partial charge in [-0.15, -0.1) is 12.4 Å². The van der Waals surface area contributed by atoms with Gasteiger partial charge in [-0.05, 0) is 63.5 Å². The summed E-state index contributed by atoms with van der Waals surface area (Å²) in [5.74, 6) is 0. The minimum atomic E-state index is 0. The first-order chi connectivity index (χ1) is 9.49. The minimum absolute atomic E-state index is 0. The predicted octanol–water partition coefficient (Wildman–Crippen LogP) is 3.67. The van der Waals surface area contributed by atoms with Gasteiger partial charge in [0, 0.05) is 24.3 Å².